The van der Waals surface area contributed by atoms with E-state index in [9.17, 15) is 9.59 Å². The molecule has 8 heteroatoms. The second-order valence-electron chi connectivity index (χ2n) is 9.53. The van der Waals surface area contributed by atoms with Crippen LogP contribution in [0.2, 0.25) is 10.0 Å². The first-order valence-electron chi connectivity index (χ1n) is 13.2. The van der Waals surface area contributed by atoms with Gasteiger partial charge in [0.25, 0.3) is 0 Å². The summed E-state index contributed by atoms with van der Waals surface area (Å²) in [7, 11) is 3.11. The number of benzene rings is 4. The number of ether oxygens (including phenoxy) is 2. The van der Waals surface area contributed by atoms with E-state index in [0.717, 1.165) is 22.3 Å². The molecule has 4 aromatic carbocycles. The van der Waals surface area contributed by atoms with Gasteiger partial charge in [-0.15, -0.1) is 0 Å². The van der Waals surface area contributed by atoms with Crippen molar-refractivity contribution in [3.63, 3.8) is 0 Å². The van der Waals surface area contributed by atoms with Crippen LogP contribution in [-0.2, 0) is 35.5 Å². The van der Waals surface area contributed by atoms with Gasteiger partial charge in [0, 0.05) is 29.6 Å². The first kappa shape index (κ1) is 30.0. The molecular formula is C33H32Cl2N2O4. The minimum atomic E-state index is -0.789. The van der Waals surface area contributed by atoms with E-state index in [-0.39, 0.29) is 31.3 Å². The maximum absolute atomic E-state index is 14.0. The number of hydrogen-bond donors (Lipinski definition) is 1. The SMILES string of the molecule is COc1ccc(CC(=O)N(Cc2ccc(Cl)cc2)C(Cc2ccccc2)C(=O)NCc2ccccc2Cl)cc1OC. The lowest BCUT2D eigenvalue weighted by molar-refractivity contribution is -0.140. The number of carbonyl (C=O) groups excluding carboxylic acids is 2. The number of rotatable bonds is 12. The van der Waals surface area contributed by atoms with Crippen LogP contribution in [-0.4, -0.2) is 37.0 Å². The van der Waals surface area contributed by atoms with Gasteiger partial charge in [0.1, 0.15) is 6.04 Å². The molecule has 0 aliphatic heterocycles. The molecule has 0 spiro atoms. The van der Waals surface area contributed by atoms with Crippen molar-refractivity contribution in [1.29, 1.82) is 0 Å². The average molecular weight is 592 g/mol. The summed E-state index contributed by atoms with van der Waals surface area (Å²) in [6.07, 6.45) is 0.400. The van der Waals surface area contributed by atoms with Crippen LogP contribution in [0.5, 0.6) is 11.5 Å². The van der Waals surface area contributed by atoms with E-state index in [4.69, 9.17) is 32.7 Å². The lowest BCUT2D eigenvalue weighted by Crippen LogP contribution is -2.50. The number of amides is 2. The highest BCUT2D eigenvalue weighted by molar-refractivity contribution is 6.31. The second-order valence-corrected chi connectivity index (χ2v) is 10.4. The van der Waals surface area contributed by atoms with Crippen molar-refractivity contribution in [1.82, 2.24) is 10.2 Å². The molecule has 1 N–H and O–H groups in total. The Morgan fingerprint density at radius 2 is 1.44 bits per heavy atom. The van der Waals surface area contributed by atoms with Crippen molar-refractivity contribution in [3.8, 4) is 11.5 Å². The fourth-order valence-electron chi connectivity index (χ4n) is 4.55. The maximum atomic E-state index is 14.0. The fraction of sp³-hybridized carbons (Fsp3) is 0.212. The minimum absolute atomic E-state index is 0.0665. The highest BCUT2D eigenvalue weighted by Gasteiger charge is 2.30. The van der Waals surface area contributed by atoms with E-state index in [0.29, 0.717) is 28.0 Å². The second kappa shape index (κ2) is 14.6. The van der Waals surface area contributed by atoms with Gasteiger partial charge in [-0.3, -0.25) is 9.59 Å². The molecule has 41 heavy (non-hydrogen) atoms. The lowest BCUT2D eigenvalue weighted by atomic mass is 10.0. The maximum Gasteiger partial charge on any atom is 0.243 e. The Kier molecular flexibility index (Phi) is 10.7. The molecule has 1 unspecified atom stereocenters. The minimum Gasteiger partial charge on any atom is -0.493 e. The molecule has 4 aromatic rings. The molecule has 0 saturated heterocycles. The van der Waals surface area contributed by atoms with Gasteiger partial charge in [0.05, 0.1) is 20.6 Å². The summed E-state index contributed by atoms with van der Waals surface area (Å²) in [6.45, 7) is 0.461. The van der Waals surface area contributed by atoms with Gasteiger partial charge in [0.2, 0.25) is 11.8 Å². The predicted octanol–water partition coefficient (Wildman–Crippen LogP) is 6.51. The normalized spacial score (nSPS) is 11.4. The quantitative estimate of drug-likeness (QED) is 0.204. The first-order valence-corrected chi connectivity index (χ1v) is 13.9. The van der Waals surface area contributed by atoms with E-state index in [1.54, 1.807) is 49.5 Å². The number of halogens is 2. The molecule has 212 valence electrons. The van der Waals surface area contributed by atoms with Crippen LogP contribution in [0.15, 0.2) is 97.1 Å². The zero-order chi connectivity index (χ0) is 29.2. The molecule has 0 aromatic heterocycles. The van der Waals surface area contributed by atoms with Crippen LogP contribution >= 0.6 is 23.2 Å². The van der Waals surface area contributed by atoms with Crippen molar-refractivity contribution in [2.45, 2.75) is 32.0 Å². The molecule has 1 atom stereocenters. The van der Waals surface area contributed by atoms with E-state index in [1.807, 2.05) is 66.7 Å². The molecule has 0 radical (unpaired) electrons. The number of methoxy groups -OCH3 is 2. The van der Waals surface area contributed by atoms with E-state index in [1.165, 1.54) is 0 Å². The number of carbonyl (C=O) groups is 2. The van der Waals surface area contributed by atoms with Gasteiger partial charge in [-0.2, -0.15) is 0 Å². The topological polar surface area (TPSA) is 67.9 Å². The number of hydrogen-bond acceptors (Lipinski definition) is 4. The van der Waals surface area contributed by atoms with E-state index >= 15 is 0 Å². The summed E-state index contributed by atoms with van der Waals surface area (Å²) in [5.41, 5.74) is 3.32. The third kappa shape index (κ3) is 8.26. The van der Waals surface area contributed by atoms with Gasteiger partial charge in [-0.1, -0.05) is 89.9 Å². The van der Waals surface area contributed by atoms with Crippen molar-refractivity contribution in [3.05, 3.63) is 129 Å². The van der Waals surface area contributed by atoms with Gasteiger partial charge in [0.15, 0.2) is 11.5 Å². The molecule has 6 nitrogen and oxygen atoms in total. The zero-order valence-electron chi connectivity index (χ0n) is 23.0. The number of nitrogens with zero attached hydrogens (tertiary/aromatic N) is 1. The van der Waals surface area contributed by atoms with E-state index in [2.05, 4.69) is 5.32 Å². The van der Waals surface area contributed by atoms with Gasteiger partial charge >= 0.3 is 0 Å². The fourth-order valence-corrected chi connectivity index (χ4v) is 4.88. The van der Waals surface area contributed by atoms with Crippen molar-refractivity contribution in [2.24, 2.45) is 0 Å². The molecule has 0 saturated carbocycles. The van der Waals surface area contributed by atoms with Crippen LogP contribution in [0.3, 0.4) is 0 Å². The predicted molar refractivity (Wildman–Crippen MR) is 162 cm³/mol. The van der Waals surface area contributed by atoms with Crippen LogP contribution < -0.4 is 14.8 Å². The molecule has 2 amide bonds. The third-order valence-electron chi connectivity index (χ3n) is 6.75. The zero-order valence-corrected chi connectivity index (χ0v) is 24.5. The Hall–Kier alpha value is -4.00. The van der Waals surface area contributed by atoms with Crippen molar-refractivity contribution in [2.75, 3.05) is 14.2 Å². The molecule has 0 bridgehead atoms. The molecule has 4 rings (SSSR count). The lowest BCUT2D eigenvalue weighted by Gasteiger charge is -2.32. The van der Waals surface area contributed by atoms with E-state index < -0.39 is 6.04 Å². The summed E-state index contributed by atoms with van der Waals surface area (Å²) in [5, 5.41) is 4.17. The largest absolute Gasteiger partial charge is 0.493 e. The molecule has 0 heterocycles. The van der Waals surface area contributed by atoms with Crippen LogP contribution in [0.25, 0.3) is 0 Å². The Labute approximate surface area is 250 Å². The van der Waals surface area contributed by atoms with Crippen LogP contribution in [0.1, 0.15) is 22.3 Å². The van der Waals surface area contributed by atoms with Crippen molar-refractivity contribution >= 4 is 35.0 Å². The molecule has 0 aliphatic carbocycles. The van der Waals surface area contributed by atoms with Gasteiger partial charge < -0.3 is 19.7 Å². The summed E-state index contributed by atoms with van der Waals surface area (Å²) < 4.78 is 10.8. The first-order chi connectivity index (χ1) is 19.9. The number of nitrogens with one attached hydrogen (secondary N) is 1. The summed E-state index contributed by atoms with van der Waals surface area (Å²) in [6, 6.07) is 28.9. The Bertz CT molecular complexity index is 1460. The monoisotopic (exact) mass is 590 g/mol. The molecule has 0 fully saturated rings. The summed E-state index contributed by atoms with van der Waals surface area (Å²) in [5.74, 6) is 0.618. The van der Waals surface area contributed by atoms with Crippen LogP contribution in [0.4, 0.5) is 0 Å². The average Bonchev–Trinajstić information content (AvgIpc) is 2.99. The summed E-state index contributed by atoms with van der Waals surface area (Å²) >= 11 is 12.5. The molecule has 0 aliphatic rings. The Morgan fingerprint density at radius 1 is 0.780 bits per heavy atom. The highest BCUT2D eigenvalue weighted by Crippen LogP contribution is 2.28. The highest BCUT2D eigenvalue weighted by atomic mass is 35.5. The standard InChI is InChI=1S/C33H32Cl2N2O4/c1-40-30-17-14-25(19-31(30)41-2)20-32(38)37(22-24-12-15-27(34)16-13-24)29(18-23-8-4-3-5-9-23)33(39)36-21-26-10-6-7-11-28(26)35/h3-17,19,29H,18,20-22H2,1-2H3,(H,36,39). The van der Waals surface area contributed by atoms with Crippen LogP contribution in [0, 0.1) is 0 Å². The van der Waals surface area contributed by atoms with Gasteiger partial charge in [-0.25, -0.2) is 0 Å². The Morgan fingerprint density at radius 3 is 2.12 bits per heavy atom. The Balaban J connectivity index is 1.67. The summed E-state index contributed by atoms with van der Waals surface area (Å²) in [4.78, 5) is 29.5. The smallest absolute Gasteiger partial charge is 0.243 e. The molecular weight excluding hydrogens is 559 g/mol. The van der Waals surface area contributed by atoms with Gasteiger partial charge in [-0.05, 0) is 52.6 Å². The third-order valence-corrected chi connectivity index (χ3v) is 7.37. The van der Waals surface area contributed by atoms with Crippen molar-refractivity contribution < 1.29 is 19.1 Å².